The van der Waals surface area contributed by atoms with Crippen LogP contribution in [0.25, 0.3) is 0 Å². The van der Waals surface area contributed by atoms with Crippen molar-refractivity contribution >= 4 is 5.91 Å². The van der Waals surface area contributed by atoms with E-state index in [4.69, 9.17) is 4.52 Å². The summed E-state index contributed by atoms with van der Waals surface area (Å²) in [6.07, 6.45) is 6.71. The average molecular weight is 383 g/mol. The Morgan fingerprint density at radius 3 is 2.86 bits per heavy atom. The van der Waals surface area contributed by atoms with Crippen LogP contribution in [0.2, 0.25) is 0 Å². The van der Waals surface area contributed by atoms with Gasteiger partial charge in [0.05, 0.1) is 5.69 Å². The molecule has 4 heterocycles. The van der Waals surface area contributed by atoms with E-state index in [9.17, 15) is 4.79 Å². The minimum Gasteiger partial charge on any atom is -0.361 e. The maximum absolute atomic E-state index is 12.5. The maximum atomic E-state index is 12.5. The van der Waals surface area contributed by atoms with Gasteiger partial charge in [-0.2, -0.15) is 0 Å². The second-order valence-corrected chi connectivity index (χ2v) is 8.50. The molecule has 0 aromatic carbocycles. The monoisotopic (exact) mass is 382 g/mol. The molecule has 0 radical (unpaired) electrons. The van der Waals surface area contributed by atoms with E-state index in [1.807, 2.05) is 38.2 Å². The van der Waals surface area contributed by atoms with Crippen molar-refractivity contribution in [2.24, 2.45) is 5.41 Å². The number of nitrogens with zero attached hydrogens (tertiary/aromatic N) is 4. The second kappa shape index (κ2) is 8.03. The fourth-order valence-corrected chi connectivity index (χ4v) is 4.83. The number of aryl methyl sites for hydroxylation is 2. The fraction of sp³-hybridized carbons (Fsp3) is 0.591. The van der Waals surface area contributed by atoms with Crippen molar-refractivity contribution < 1.29 is 9.32 Å². The number of carbonyl (C=O) groups excluding carboxylic acids is 1. The lowest BCUT2D eigenvalue weighted by atomic mass is 9.73. The first-order valence-electron chi connectivity index (χ1n) is 10.4. The van der Waals surface area contributed by atoms with E-state index in [0.29, 0.717) is 12.3 Å². The van der Waals surface area contributed by atoms with E-state index in [2.05, 4.69) is 19.9 Å². The van der Waals surface area contributed by atoms with Crippen LogP contribution in [0.3, 0.4) is 0 Å². The Balaban J connectivity index is 1.41. The third-order valence-electron chi connectivity index (χ3n) is 6.42. The van der Waals surface area contributed by atoms with Crippen molar-refractivity contribution in [1.29, 1.82) is 0 Å². The molecule has 0 unspecified atom stereocenters. The third-order valence-corrected chi connectivity index (χ3v) is 6.42. The van der Waals surface area contributed by atoms with Crippen molar-refractivity contribution in [2.45, 2.75) is 52.5 Å². The Labute approximate surface area is 166 Å². The largest absolute Gasteiger partial charge is 0.361 e. The van der Waals surface area contributed by atoms with Crippen LogP contribution in [0.1, 0.15) is 48.4 Å². The van der Waals surface area contributed by atoms with Gasteiger partial charge in [0.25, 0.3) is 0 Å². The Kier molecular flexibility index (Phi) is 5.49. The Morgan fingerprint density at radius 2 is 2.11 bits per heavy atom. The molecule has 1 spiro atoms. The highest BCUT2D eigenvalue weighted by Crippen LogP contribution is 2.39. The fourth-order valence-electron chi connectivity index (χ4n) is 4.83. The molecule has 0 bridgehead atoms. The summed E-state index contributed by atoms with van der Waals surface area (Å²) in [6, 6.07) is 5.98. The first kappa shape index (κ1) is 19.1. The Bertz CT molecular complexity index is 800. The number of likely N-dealkylation sites (tertiary alicyclic amines) is 2. The second-order valence-electron chi connectivity index (χ2n) is 8.50. The minimum atomic E-state index is 0.218. The Hall–Kier alpha value is -2.21. The topological polar surface area (TPSA) is 62.5 Å². The van der Waals surface area contributed by atoms with Crippen molar-refractivity contribution in [3.05, 3.63) is 47.1 Å². The van der Waals surface area contributed by atoms with Crippen molar-refractivity contribution in [3.63, 3.8) is 0 Å². The summed E-state index contributed by atoms with van der Waals surface area (Å²) in [5, 5.41) is 4.10. The number of hydrogen-bond acceptors (Lipinski definition) is 5. The number of hydrogen-bond donors (Lipinski definition) is 0. The number of amides is 1. The first-order chi connectivity index (χ1) is 13.5. The standard InChI is InChI=1S/C22H30N4O2/c1-17-20(18(2)28-24-17)14-25-12-5-9-22(15-25)10-7-21(27)26(16-22)13-8-19-6-3-4-11-23-19/h3-4,6,11H,5,7-10,12-16H2,1-2H3/t22-/m1/s1. The molecule has 28 heavy (non-hydrogen) atoms. The molecule has 2 fully saturated rings. The molecule has 2 aromatic heterocycles. The van der Waals surface area contributed by atoms with E-state index < -0.39 is 0 Å². The average Bonchev–Trinajstić information content (AvgIpc) is 3.02. The predicted octanol–water partition coefficient (Wildman–Crippen LogP) is 3.13. The molecule has 6 heteroatoms. The van der Waals surface area contributed by atoms with Gasteiger partial charge in [-0.25, -0.2) is 0 Å². The molecule has 150 valence electrons. The van der Waals surface area contributed by atoms with Crippen LogP contribution in [-0.4, -0.2) is 52.0 Å². The van der Waals surface area contributed by atoms with Gasteiger partial charge in [0, 0.05) is 61.9 Å². The van der Waals surface area contributed by atoms with Crippen molar-refractivity contribution in [2.75, 3.05) is 26.2 Å². The van der Waals surface area contributed by atoms with Gasteiger partial charge in [-0.15, -0.1) is 0 Å². The van der Waals surface area contributed by atoms with Crippen LogP contribution in [0.15, 0.2) is 28.9 Å². The highest BCUT2D eigenvalue weighted by atomic mass is 16.5. The zero-order valence-electron chi connectivity index (χ0n) is 17.0. The smallest absolute Gasteiger partial charge is 0.222 e. The van der Waals surface area contributed by atoms with Gasteiger partial charge in [0.1, 0.15) is 5.76 Å². The lowest BCUT2D eigenvalue weighted by Gasteiger charge is -2.48. The summed E-state index contributed by atoms with van der Waals surface area (Å²) in [4.78, 5) is 21.6. The first-order valence-corrected chi connectivity index (χ1v) is 10.4. The molecular formula is C22H30N4O2. The van der Waals surface area contributed by atoms with Crippen LogP contribution in [0.4, 0.5) is 0 Å². The number of pyridine rings is 1. The number of carbonyl (C=O) groups is 1. The maximum Gasteiger partial charge on any atom is 0.222 e. The quantitative estimate of drug-likeness (QED) is 0.795. The summed E-state index contributed by atoms with van der Waals surface area (Å²) in [5.74, 6) is 1.22. The molecule has 2 aliphatic rings. The highest BCUT2D eigenvalue weighted by molar-refractivity contribution is 5.77. The van der Waals surface area contributed by atoms with Crippen LogP contribution in [-0.2, 0) is 17.8 Å². The minimum absolute atomic E-state index is 0.218. The zero-order chi connectivity index (χ0) is 19.6. The van der Waals surface area contributed by atoms with Gasteiger partial charge in [-0.3, -0.25) is 14.7 Å². The molecule has 4 rings (SSSR count). The molecule has 1 atom stereocenters. The third kappa shape index (κ3) is 4.12. The molecule has 2 aliphatic heterocycles. The van der Waals surface area contributed by atoms with Gasteiger partial charge < -0.3 is 9.42 Å². The summed E-state index contributed by atoms with van der Waals surface area (Å²) in [5.41, 5.74) is 3.48. The van der Waals surface area contributed by atoms with E-state index in [0.717, 1.165) is 62.7 Å². The van der Waals surface area contributed by atoms with Crippen molar-refractivity contribution in [3.8, 4) is 0 Å². The highest BCUT2D eigenvalue weighted by Gasteiger charge is 2.41. The number of piperidine rings is 2. The lowest BCUT2D eigenvalue weighted by Crippen LogP contribution is -2.54. The van der Waals surface area contributed by atoms with E-state index >= 15 is 0 Å². The summed E-state index contributed by atoms with van der Waals surface area (Å²) in [6.45, 7) is 8.69. The molecule has 6 nitrogen and oxygen atoms in total. The molecule has 1 amide bonds. The normalized spacial score (nSPS) is 23.5. The van der Waals surface area contributed by atoms with E-state index in [-0.39, 0.29) is 5.41 Å². The van der Waals surface area contributed by atoms with Crippen LogP contribution >= 0.6 is 0 Å². The summed E-state index contributed by atoms with van der Waals surface area (Å²) >= 11 is 0. The lowest BCUT2D eigenvalue weighted by molar-refractivity contribution is -0.139. The van der Waals surface area contributed by atoms with Gasteiger partial charge >= 0.3 is 0 Å². The molecule has 0 saturated carbocycles. The molecule has 2 saturated heterocycles. The van der Waals surface area contributed by atoms with Crippen molar-refractivity contribution in [1.82, 2.24) is 19.9 Å². The molecule has 0 aliphatic carbocycles. The van der Waals surface area contributed by atoms with Crippen LogP contribution < -0.4 is 0 Å². The molecular weight excluding hydrogens is 352 g/mol. The summed E-state index contributed by atoms with van der Waals surface area (Å²) in [7, 11) is 0. The number of aromatic nitrogens is 2. The Morgan fingerprint density at radius 1 is 1.21 bits per heavy atom. The van der Waals surface area contributed by atoms with Crippen LogP contribution in [0.5, 0.6) is 0 Å². The van der Waals surface area contributed by atoms with Gasteiger partial charge in [0.2, 0.25) is 5.91 Å². The van der Waals surface area contributed by atoms with Gasteiger partial charge in [0.15, 0.2) is 0 Å². The van der Waals surface area contributed by atoms with Crippen LogP contribution in [0, 0.1) is 19.3 Å². The van der Waals surface area contributed by atoms with Gasteiger partial charge in [-0.05, 0) is 51.8 Å². The van der Waals surface area contributed by atoms with E-state index in [1.165, 1.54) is 18.4 Å². The SMILES string of the molecule is Cc1noc(C)c1CN1CCC[C@@]2(CCC(=O)N(CCc3ccccn3)C2)C1. The summed E-state index contributed by atoms with van der Waals surface area (Å²) < 4.78 is 5.34. The molecule has 2 aromatic rings. The molecule has 0 N–H and O–H groups in total. The van der Waals surface area contributed by atoms with E-state index in [1.54, 1.807) is 0 Å². The van der Waals surface area contributed by atoms with Gasteiger partial charge in [-0.1, -0.05) is 11.2 Å². The predicted molar refractivity (Wildman–Crippen MR) is 107 cm³/mol. The zero-order valence-corrected chi connectivity index (χ0v) is 17.0. The number of rotatable bonds is 5.